The maximum atomic E-state index is 11.6. The summed E-state index contributed by atoms with van der Waals surface area (Å²) in [7, 11) is 0. The first-order valence-corrected chi connectivity index (χ1v) is 7.38. The number of carbonyl (C=O) groups is 1. The Kier molecular flexibility index (Phi) is 5.40. The number of alkyl halides is 3. The van der Waals surface area contributed by atoms with Crippen LogP contribution in [0.3, 0.4) is 0 Å². The molecule has 0 heterocycles. The molecule has 0 fully saturated rings. The summed E-state index contributed by atoms with van der Waals surface area (Å²) in [5.41, 5.74) is 2.59. The van der Waals surface area contributed by atoms with Crippen LogP contribution in [-0.4, -0.2) is 15.4 Å². The Morgan fingerprint density at radius 3 is 2.52 bits per heavy atom. The van der Waals surface area contributed by atoms with Gasteiger partial charge >= 0.3 is 0 Å². The van der Waals surface area contributed by atoms with Crippen LogP contribution >= 0.6 is 34.8 Å². The standard InChI is InChI=1S/C16H12Cl3NO/c17-16(18,19)15(21)20-14-8-4-7-13(11-14)10-9-12-5-2-1-3-6-12/h1-7,9-11H,8H2. The van der Waals surface area contributed by atoms with Crippen LogP contribution in [0.5, 0.6) is 0 Å². The predicted molar refractivity (Wildman–Crippen MR) is 90.0 cm³/mol. The molecule has 1 aromatic rings. The molecule has 1 aliphatic rings. The molecule has 0 atom stereocenters. The van der Waals surface area contributed by atoms with Gasteiger partial charge in [0.15, 0.2) is 0 Å². The molecule has 21 heavy (non-hydrogen) atoms. The summed E-state index contributed by atoms with van der Waals surface area (Å²) in [6, 6.07) is 9.91. The quantitative estimate of drug-likeness (QED) is 0.702. The third-order valence-electron chi connectivity index (χ3n) is 2.73. The fraction of sp³-hybridized carbons (Fsp3) is 0.125. The summed E-state index contributed by atoms with van der Waals surface area (Å²) < 4.78 is -2.01. The summed E-state index contributed by atoms with van der Waals surface area (Å²) in [5, 5.41) is 0. The van der Waals surface area contributed by atoms with Gasteiger partial charge in [0.05, 0.1) is 0 Å². The molecule has 0 bridgehead atoms. The van der Waals surface area contributed by atoms with Crippen molar-refractivity contribution >= 4 is 52.5 Å². The van der Waals surface area contributed by atoms with E-state index in [0.29, 0.717) is 12.1 Å². The van der Waals surface area contributed by atoms with Crippen molar-refractivity contribution in [2.75, 3.05) is 0 Å². The molecule has 0 aliphatic heterocycles. The number of benzene rings is 1. The van der Waals surface area contributed by atoms with Gasteiger partial charge in [-0.25, -0.2) is 4.99 Å². The number of carbonyl (C=O) groups excluding carboxylic acids is 1. The summed E-state index contributed by atoms with van der Waals surface area (Å²) in [5.74, 6) is -0.777. The van der Waals surface area contributed by atoms with Crippen molar-refractivity contribution in [1.82, 2.24) is 0 Å². The molecule has 0 saturated carbocycles. The van der Waals surface area contributed by atoms with Gasteiger partial charge in [-0.15, -0.1) is 0 Å². The Morgan fingerprint density at radius 2 is 1.86 bits per heavy atom. The first-order chi connectivity index (χ1) is 9.95. The number of hydrogen-bond acceptors (Lipinski definition) is 1. The van der Waals surface area contributed by atoms with E-state index in [1.165, 1.54) is 0 Å². The van der Waals surface area contributed by atoms with Crippen molar-refractivity contribution in [1.29, 1.82) is 0 Å². The van der Waals surface area contributed by atoms with Crippen molar-refractivity contribution in [2.24, 2.45) is 4.99 Å². The number of halogens is 3. The van der Waals surface area contributed by atoms with Crippen LogP contribution in [-0.2, 0) is 4.79 Å². The highest BCUT2D eigenvalue weighted by Gasteiger charge is 2.30. The highest BCUT2D eigenvalue weighted by atomic mass is 35.6. The van der Waals surface area contributed by atoms with Crippen molar-refractivity contribution < 1.29 is 4.79 Å². The number of rotatable bonds is 2. The smallest absolute Gasteiger partial charge is 0.268 e. The van der Waals surface area contributed by atoms with E-state index in [9.17, 15) is 4.79 Å². The van der Waals surface area contributed by atoms with E-state index >= 15 is 0 Å². The van der Waals surface area contributed by atoms with E-state index in [4.69, 9.17) is 34.8 Å². The average molecular weight is 341 g/mol. The maximum absolute atomic E-state index is 11.6. The minimum atomic E-state index is -2.01. The van der Waals surface area contributed by atoms with E-state index in [1.54, 1.807) is 6.08 Å². The van der Waals surface area contributed by atoms with Gasteiger partial charge in [0.1, 0.15) is 0 Å². The topological polar surface area (TPSA) is 29.4 Å². The van der Waals surface area contributed by atoms with Crippen LogP contribution in [0.2, 0.25) is 0 Å². The molecule has 2 rings (SSSR count). The molecule has 108 valence electrons. The highest BCUT2D eigenvalue weighted by molar-refractivity contribution is 6.76. The van der Waals surface area contributed by atoms with Gasteiger partial charge in [-0.2, -0.15) is 0 Å². The van der Waals surface area contributed by atoms with Crippen LogP contribution in [0.4, 0.5) is 0 Å². The fourth-order valence-electron chi connectivity index (χ4n) is 1.75. The molecule has 2 nitrogen and oxygen atoms in total. The molecule has 0 saturated heterocycles. The Bertz CT molecular complexity index is 637. The second-order valence-corrected chi connectivity index (χ2v) is 6.68. The lowest BCUT2D eigenvalue weighted by atomic mass is 10.0. The lowest BCUT2D eigenvalue weighted by Gasteiger charge is -2.08. The number of nitrogens with zero attached hydrogens (tertiary/aromatic N) is 1. The van der Waals surface area contributed by atoms with Gasteiger partial charge in [-0.05, 0) is 17.2 Å². The van der Waals surface area contributed by atoms with E-state index < -0.39 is 9.70 Å². The predicted octanol–water partition coefficient (Wildman–Crippen LogP) is 4.92. The van der Waals surface area contributed by atoms with Crippen LogP contribution in [0.1, 0.15) is 12.0 Å². The maximum Gasteiger partial charge on any atom is 0.298 e. The second kappa shape index (κ2) is 7.08. The summed E-state index contributed by atoms with van der Waals surface area (Å²) in [6.45, 7) is 0. The van der Waals surface area contributed by atoms with E-state index in [2.05, 4.69) is 4.99 Å². The third kappa shape index (κ3) is 5.16. The van der Waals surface area contributed by atoms with E-state index in [0.717, 1.165) is 11.1 Å². The number of hydrogen-bond donors (Lipinski definition) is 0. The summed E-state index contributed by atoms with van der Waals surface area (Å²) >= 11 is 16.5. The number of amides is 1. The zero-order chi connectivity index (χ0) is 15.3. The molecule has 5 heteroatoms. The van der Waals surface area contributed by atoms with E-state index in [-0.39, 0.29) is 0 Å². The van der Waals surface area contributed by atoms with Crippen molar-refractivity contribution in [3.63, 3.8) is 0 Å². The highest BCUT2D eigenvalue weighted by Crippen LogP contribution is 2.28. The number of aliphatic imine (C=N–C) groups is 1. The van der Waals surface area contributed by atoms with Crippen molar-refractivity contribution in [3.8, 4) is 0 Å². The van der Waals surface area contributed by atoms with Crippen LogP contribution in [0, 0.1) is 0 Å². The molecular weight excluding hydrogens is 329 g/mol. The molecule has 1 aromatic carbocycles. The Labute approximate surface area is 138 Å². The van der Waals surface area contributed by atoms with Crippen LogP contribution in [0.25, 0.3) is 6.08 Å². The summed E-state index contributed by atoms with van der Waals surface area (Å²) in [4.78, 5) is 15.4. The van der Waals surface area contributed by atoms with Crippen molar-refractivity contribution in [2.45, 2.75) is 10.2 Å². The van der Waals surface area contributed by atoms with Gasteiger partial charge < -0.3 is 0 Å². The van der Waals surface area contributed by atoms with E-state index in [1.807, 2.05) is 54.6 Å². The molecule has 0 N–H and O–H groups in total. The van der Waals surface area contributed by atoms with Crippen LogP contribution < -0.4 is 0 Å². The molecule has 0 radical (unpaired) electrons. The first-order valence-electron chi connectivity index (χ1n) is 6.25. The number of allylic oxidation sites excluding steroid dienone is 5. The largest absolute Gasteiger partial charge is 0.298 e. The van der Waals surface area contributed by atoms with Gasteiger partial charge in [-0.3, -0.25) is 4.79 Å². The fourth-order valence-corrected chi connectivity index (χ4v) is 1.87. The molecule has 1 amide bonds. The Morgan fingerprint density at radius 1 is 1.14 bits per heavy atom. The third-order valence-corrected chi connectivity index (χ3v) is 3.21. The average Bonchev–Trinajstić information content (AvgIpc) is 2.46. The normalized spacial score (nSPS) is 17.3. The second-order valence-electron chi connectivity index (χ2n) is 4.40. The molecule has 0 spiro atoms. The minimum absolute atomic E-state index is 0.537. The molecule has 0 aromatic heterocycles. The Balaban J connectivity index is 2.14. The lowest BCUT2D eigenvalue weighted by molar-refractivity contribution is -0.116. The minimum Gasteiger partial charge on any atom is -0.268 e. The van der Waals surface area contributed by atoms with Gasteiger partial charge in [0, 0.05) is 12.1 Å². The van der Waals surface area contributed by atoms with Gasteiger partial charge in [-0.1, -0.05) is 89.4 Å². The monoisotopic (exact) mass is 339 g/mol. The Hall–Kier alpha value is -1.35. The zero-order valence-corrected chi connectivity index (χ0v) is 13.2. The van der Waals surface area contributed by atoms with Gasteiger partial charge in [0.25, 0.3) is 9.70 Å². The zero-order valence-electron chi connectivity index (χ0n) is 11.0. The van der Waals surface area contributed by atoms with Gasteiger partial charge in [0.2, 0.25) is 0 Å². The molecule has 0 unspecified atom stereocenters. The molecule has 1 aliphatic carbocycles. The van der Waals surface area contributed by atoms with Crippen LogP contribution in [0.15, 0.2) is 65.2 Å². The SMILES string of the molecule is O=C(N=C1C=C(C=Cc2ccccc2)C=CC1)C(Cl)(Cl)Cl. The molecular formula is C16H12Cl3NO. The van der Waals surface area contributed by atoms with Crippen molar-refractivity contribution in [3.05, 3.63) is 65.8 Å². The summed E-state index contributed by atoms with van der Waals surface area (Å²) in [6.07, 6.45) is 10.1. The lowest BCUT2D eigenvalue weighted by Crippen LogP contribution is -2.18. The first kappa shape index (κ1) is 16.0.